The van der Waals surface area contributed by atoms with Crippen LogP contribution in [0, 0.1) is 5.82 Å². The Morgan fingerprint density at radius 3 is 2.65 bits per heavy atom. The highest BCUT2D eigenvalue weighted by Crippen LogP contribution is 2.09. The maximum Gasteiger partial charge on any atom is 0.317 e. The molecule has 2 N–H and O–H groups in total. The first-order valence-electron chi connectivity index (χ1n) is 6.39. The number of nitrogens with zero attached hydrogens (tertiary/aromatic N) is 1. The fourth-order valence-electron chi connectivity index (χ4n) is 1.73. The maximum atomic E-state index is 13.0. The minimum Gasteiger partial charge on any atom is -0.480 e. The minimum atomic E-state index is -0.927. The number of hydrogen-bond donors (Lipinski definition) is 2. The molecule has 0 saturated carbocycles. The van der Waals surface area contributed by atoms with Gasteiger partial charge in [0.2, 0.25) is 5.91 Å². The van der Waals surface area contributed by atoms with E-state index in [-0.39, 0.29) is 24.9 Å². The second-order valence-electron chi connectivity index (χ2n) is 4.77. The van der Waals surface area contributed by atoms with Gasteiger partial charge in [0.15, 0.2) is 0 Å². The van der Waals surface area contributed by atoms with Crippen molar-refractivity contribution in [3.05, 3.63) is 30.1 Å². The van der Waals surface area contributed by atoms with Crippen molar-refractivity contribution in [1.29, 1.82) is 0 Å². The third kappa shape index (κ3) is 5.79. The topological polar surface area (TPSA) is 69.6 Å². The summed E-state index contributed by atoms with van der Waals surface area (Å²) in [5.74, 6) is -1.62. The summed E-state index contributed by atoms with van der Waals surface area (Å²) in [7, 11) is 0. The largest absolute Gasteiger partial charge is 0.480 e. The van der Waals surface area contributed by atoms with E-state index in [2.05, 4.69) is 5.32 Å². The van der Waals surface area contributed by atoms with E-state index in [9.17, 15) is 14.0 Å². The van der Waals surface area contributed by atoms with Crippen LogP contribution in [0.25, 0.3) is 0 Å². The molecular formula is C14H19FN2O3. The van der Waals surface area contributed by atoms with Crippen LogP contribution in [-0.4, -0.2) is 41.0 Å². The van der Waals surface area contributed by atoms with Crippen molar-refractivity contribution in [3.8, 4) is 0 Å². The third-order valence-corrected chi connectivity index (χ3v) is 2.80. The van der Waals surface area contributed by atoms with Gasteiger partial charge in [-0.1, -0.05) is 6.07 Å². The summed E-state index contributed by atoms with van der Waals surface area (Å²) in [6.45, 7) is 3.97. The Kier molecular flexibility index (Phi) is 6.11. The summed E-state index contributed by atoms with van der Waals surface area (Å²) in [4.78, 5) is 24.1. The van der Waals surface area contributed by atoms with Crippen LogP contribution in [0.5, 0.6) is 0 Å². The predicted octanol–water partition coefficient (Wildman–Crippen LogP) is 1.95. The number of amides is 1. The van der Waals surface area contributed by atoms with E-state index in [0.717, 1.165) is 0 Å². The van der Waals surface area contributed by atoms with Gasteiger partial charge in [-0.2, -0.15) is 0 Å². The molecule has 0 bridgehead atoms. The molecule has 0 atom stereocenters. The van der Waals surface area contributed by atoms with Crippen LogP contribution in [0.15, 0.2) is 24.3 Å². The number of carboxylic acids is 1. The van der Waals surface area contributed by atoms with E-state index >= 15 is 0 Å². The Balaban J connectivity index is 2.47. The SMILES string of the molecule is CC(C)N(CCC(=O)Nc1cccc(F)c1)CC(=O)O. The van der Waals surface area contributed by atoms with E-state index < -0.39 is 11.8 Å². The molecule has 20 heavy (non-hydrogen) atoms. The van der Waals surface area contributed by atoms with Gasteiger partial charge in [0.25, 0.3) is 0 Å². The molecule has 0 spiro atoms. The van der Waals surface area contributed by atoms with Crippen LogP contribution in [0.3, 0.4) is 0 Å². The normalized spacial score (nSPS) is 10.8. The number of anilines is 1. The highest BCUT2D eigenvalue weighted by atomic mass is 19.1. The van der Waals surface area contributed by atoms with Gasteiger partial charge in [0.1, 0.15) is 5.82 Å². The number of carboxylic acid groups (broad SMARTS) is 1. The van der Waals surface area contributed by atoms with Crippen LogP contribution in [0.4, 0.5) is 10.1 Å². The highest BCUT2D eigenvalue weighted by Gasteiger charge is 2.14. The monoisotopic (exact) mass is 282 g/mol. The zero-order valence-electron chi connectivity index (χ0n) is 11.6. The summed E-state index contributed by atoms with van der Waals surface area (Å²) in [5.41, 5.74) is 0.393. The molecule has 0 fully saturated rings. The Hall–Kier alpha value is -1.95. The summed E-state index contributed by atoms with van der Waals surface area (Å²) >= 11 is 0. The molecule has 0 aliphatic rings. The Morgan fingerprint density at radius 1 is 1.40 bits per heavy atom. The molecule has 0 heterocycles. The number of carbonyl (C=O) groups is 2. The quantitative estimate of drug-likeness (QED) is 0.802. The molecule has 0 radical (unpaired) electrons. The second-order valence-corrected chi connectivity index (χ2v) is 4.77. The lowest BCUT2D eigenvalue weighted by molar-refractivity contribution is -0.139. The Bertz CT molecular complexity index is 477. The third-order valence-electron chi connectivity index (χ3n) is 2.80. The molecule has 1 aromatic carbocycles. The van der Waals surface area contributed by atoms with E-state index in [1.165, 1.54) is 18.2 Å². The summed E-state index contributed by atoms with van der Waals surface area (Å²) in [5, 5.41) is 11.4. The first-order chi connectivity index (χ1) is 9.38. The molecule has 6 heteroatoms. The van der Waals surface area contributed by atoms with Gasteiger partial charge in [-0.25, -0.2) is 4.39 Å². The minimum absolute atomic E-state index is 0.0352. The van der Waals surface area contributed by atoms with Crippen molar-refractivity contribution >= 4 is 17.6 Å². The number of rotatable bonds is 7. The van der Waals surface area contributed by atoms with E-state index in [1.807, 2.05) is 13.8 Å². The molecule has 1 rings (SSSR count). The fourth-order valence-corrected chi connectivity index (χ4v) is 1.73. The van der Waals surface area contributed by atoms with E-state index in [4.69, 9.17) is 5.11 Å². The molecule has 0 unspecified atom stereocenters. The van der Waals surface area contributed by atoms with Gasteiger partial charge < -0.3 is 10.4 Å². The molecule has 110 valence electrons. The van der Waals surface area contributed by atoms with Crippen molar-refractivity contribution in [2.75, 3.05) is 18.4 Å². The lowest BCUT2D eigenvalue weighted by Crippen LogP contribution is -2.37. The first-order valence-corrected chi connectivity index (χ1v) is 6.39. The van der Waals surface area contributed by atoms with Crippen LogP contribution in [0.2, 0.25) is 0 Å². The van der Waals surface area contributed by atoms with Crippen LogP contribution >= 0.6 is 0 Å². The Labute approximate surface area is 117 Å². The van der Waals surface area contributed by atoms with Crippen molar-refractivity contribution in [2.45, 2.75) is 26.3 Å². The lowest BCUT2D eigenvalue weighted by atomic mass is 10.2. The average molecular weight is 282 g/mol. The van der Waals surface area contributed by atoms with Gasteiger partial charge in [-0.3, -0.25) is 14.5 Å². The zero-order valence-corrected chi connectivity index (χ0v) is 11.6. The smallest absolute Gasteiger partial charge is 0.317 e. The van der Waals surface area contributed by atoms with Gasteiger partial charge in [-0.15, -0.1) is 0 Å². The molecule has 1 amide bonds. The molecule has 0 aromatic heterocycles. The Morgan fingerprint density at radius 2 is 2.10 bits per heavy atom. The van der Waals surface area contributed by atoms with Gasteiger partial charge in [0.05, 0.1) is 6.54 Å². The van der Waals surface area contributed by atoms with Crippen LogP contribution < -0.4 is 5.32 Å². The van der Waals surface area contributed by atoms with Crippen molar-refractivity contribution in [3.63, 3.8) is 0 Å². The van der Waals surface area contributed by atoms with Crippen molar-refractivity contribution in [1.82, 2.24) is 4.90 Å². The summed E-state index contributed by atoms with van der Waals surface area (Å²) < 4.78 is 13.0. The molecule has 0 saturated heterocycles. The number of aliphatic carboxylic acids is 1. The summed E-state index contributed by atoms with van der Waals surface area (Å²) in [6, 6.07) is 5.67. The molecule has 0 aliphatic carbocycles. The van der Waals surface area contributed by atoms with Crippen molar-refractivity contribution in [2.24, 2.45) is 0 Å². The van der Waals surface area contributed by atoms with Gasteiger partial charge in [0, 0.05) is 24.7 Å². The second kappa shape index (κ2) is 7.59. The molecule has 0 aliphatic heterocycles. The molecular weight excluding hydrogens is 263 g/mol. The summed E-state index contributed by atoms with van der Waals surface area (Å²) in [6.07, 6.45) is 0.155. The highest BCUT2D eigenvalue weighted by molar-refractivity contribution is 5.90. The van der Waals surface area contributed by atoms with E-state index in [0.29, 0.717) is 12.2 Å². The number of halogens is 1. The molecule has 1 aromatic rings. The number of carbonyl (C=O) groups excluding carboxylic acids is 1. The number of hydrogen-bond acceptors (Lipinski definition) is 3. The van der Waals surface area contributed by atoms with E-state index in [1.54, 1.807) is 11.0 Å². The number of nitrogens with one attached hydrogen (secondary N) is 1. The van der Waals surface area contributed by atoms with Crippen LogP contribution in [0.1, 0.15) is 20.3 Å². The van der Waals surface area contributed by atoms with Gasteiger partial charge in [-0.05, 0) is 32.0 Å². The maximum absolute atomic E-state index is 13.0. The average Bonchev–Trinajstić information content (AvgIpc) is 2.33. The lowest BCUT2D eigenvalue weighted by Gasteiger charge is -2.24. The van der Waals surface area contributed by atoms with Gasteiger partial charge >= 0.3 is 5.97 Å². The predicted molar refractivity (Wildman–Crippen MR) is 74.0 cm³/mol. The fraction of sp³-hybridized carbons (Fsp3) is 0.429. The standard InChI is InChI=1S/C14H19FN2O3/c1-10(2)17(9-14(19)20)7-6-13(18)16-12-5-3-4-11(15)8-12/h3-5,8,10H,6-7,9H2,1-2H3,(H,16,18)(H,19,20). The number of benzene rings is 1. The zero-order chi connectivity index (χ0) is 15.1. The first kappa shape index (κ1) is 16.1. The molecule has 5 nitrogen and oxygen atoms in total. The van der Waals surface area contributed by atoms with Crippen LogP contribution in [-0.2, 0) is 9.59 Å². The van der Waals surface area contributed by atoms with Crippen molar-refractivity contribution < 1.29 is 19.1 Å².